The van der Waals surface area contributed by atoms with Crippen molar-refractivity contribution in [2.45, 2.75) is 6.92 Å². The first-order chi connectivity index (χ1) is 8.59. The van der Waals surface area contributed by atoms with Crippen LogP contribution in [0.25, 0.3) is 0 Å². The van der Waals surface area contributed by atoms with Gasteiger partial charge in [-0.05, 0) is 18.4 Å². The third-order valence-corrected chi connectivity index (χ3v) is 4.41. The Morgan fingerprint density at radius 1 is 1.22 bits per heavy atom. The maximum atomic E-state index is 11.8. The molecular weight excluding hydrogens is 292 g/mol. The molecule has 7 heteroatoms. The molecule has 0 aromatic carbocycles. The molecule has 2 aromatic rings. The van der Waals surface area contributed by atoms with Crippen LogP contribution in [0, 0.1) is 6.92 Å². The molecular formula is C11H9ClN2O2S2. The molecule has 0 aliphatic carbocycles. The van der Waals surface area contributed by atoms with Crippen LogP contribution >= 0.6 is 34.3 Å². The molecule has 94 valence electrons. The molecule has 0 saturated carbocycles. The Balaban J connectivity index is 1.97. The molecule has 4 nitrogen and oxygen atoms in total. The van der Waals surface area contributed by atoms with E-state index in [1.807, 2.05) is 6.92 Å². The topological polar surface area (TPSA) is 58.2 Å². The second-order valence-electron chi connectivity index (χ2n) is 3.44. The number of hydrazine groups is 1. The molecule has 2 rings (SSSR count). The van der Waals surface area contributed by atoms with Gasteiger partial charge in [0.15, 0.2) is 0 Å². The highest BCUT2D eigenvalue weighted by Crippen LogP contribution is 2.26. The fourth-order valence-electron chi connectivity index (χ4n) is 1.24. The molecule has 0 bridgehead atoms. The summed E-state index contributed by atoms with van der Waals surface area (Å²) in [5.74, 6) is -0.777. The van der Waals surface area contributed by atoms with Crippen LogP contribution in [0.3, 0.4) is 0 Å². The number of hydrogen-bond acceptors (Lipinski definition) is 4. The Kier molecular flexibility index (Phi) is 4.00. The van der Waals surface area contributed by atoms with E-state index >= 15 is 0 Å². The highest BCUT2D eigenvalue weighted by molar-refractivity contribution is 7.11. The summed E-state index contributed by atoms with van der Waals surface area (Å²) in [6.45, 7) is 1.83. The zero-order valence-corrected chi connectivity index (χ0v) is 11.7. The molecule has 0 saturated heterocycles. The standard InChI is InChI=1S/C11H9ClN2O2S2/c1-6-9(12)8(5-18-6)11(16)14-13-10(15)7-2-3-17-4-7/h2-5H,1H3,(H,13,15)(H,14,16). The number of aryl methyl sites for hydroxylation is 1. The average molecular weight is 301 g/mol. The summed E-state index contributed by atoms with van der Waals surface area (Å²) in [7, 11) is 0. The molecule has 0 radical (unpaired) electrons. The molecule has 0 aliphatic rings. The second kappa shape index (κ2) is 5.51. The maximum absolute atomic E-state index is 11.8. The van der Waals surface area contributed by atoms with Gasteiger partial charge in [0.25, 0.3) is 11.8 Å². The zero-order chi connectivity index (χ0) is 13.1. The monoisotopic (exact) mass is 300 g/mol. The van der Waals surface area contributed by atoms with Gasteiger partial charge in [-0.15, -0.1) is 11.3 Å². The Labute approximate surface area is 117 Å². The molecule has 2 heterocycles. The minimum atomic E-state index is -0.423. The lowest BCUT2D eigenvalue weighted by Crippen LogP contribution is -2.41. The van der Waals surface area contributed by atoms with E-state index in [1.165, 1.54) is 22.7 Å². The van der Waals surface area contributed by atoms with Gasteiger partial charge in [0.2, 0.25) is 0 Å². The lowest BCUT2D eigenvalue weighted by molar-refractivity contribution is 0.0847. The smallest absolute Gasteiger partial charge is 0.267 e. The maximum Gasteiger partial charge on any atom is 0.272 e. The van der Waals surface area contributed by atoms with Gasteiger partial charge < -0.3 is 0 Å². The number of amides is 2. The van der Waals surface area contributed by atoms with Crippen molar-refractivity contribution < 1.29 is 9.59 Å². The van der Waals surface area contributed by atoms with Gasteiger partial charge in [0.1, 0.15) is 0 Å². The van der Waals surface area contributed by atoms with Crippen LogP contribution in [0.15, 0.2) is 22.2 Å². The number of hydrogen-bond donors (Lipinski definition) is 2. The number of carbonyl (C=O) groups is 2. The molecule has 2 N–H and O–H groups in total. The molecule has 2 amide bonds. The first-order valence-corrected chi connectivity index (χ1v) is 7.16. The Morgan fingerprint density at radius 2 is 1.94 bits per heavy atom. The number of rotatable bonds is 2. The molecule has 2 aromatic heterocycles. The van der Waals surface area contributed by atoms with Gasteiger partial charge in [-0.2, -0.15) is 11.3 Å². The van der Waals surface area contributed by atoms with Gasteiger partial charge in [-0.3, -0.25) is 20.4 Å². The summed E-state index contributed by atoms with van der Waals surface area (Å²) in [5, 5.41) is 5.56. The van der Waals surface area contributed by atoms with Crippen molar-refractivity contribution in [1.82, 2.24) is 10.9 Å². The van der Waals surface area contributed by atoms with E-state index in [0.29, 0.717) is 16.1 Å². The fraction of sp³-hybridized carbons (Fsp3) is 0.0909. The van der Waals surface area contributed by atoms with E-state index in [0.717, 1.165) is 4.88 Å². The molecule has 0 unspecified atom stereocenters. The van der Waals surface area contributed by atoms with E-state index < -0.39 is 5.91 Å². The quantitative estimate of drug-likeness (QED) is 0.838. The van der Waals surface area contributed by atoms with Crippen LogP contribution in [0.2, 0.25) is 5.02 Å². The van der Waals surface area contributed by atoms with E-state index in [2.05, 4.69) is 10.9 Å². The highest BCUT2D eigenvalue weighted by atomic mass is 35.5. The first kappa shape index (κ1) is 13.1. The zero-order valence-electron chi connectivity index (χ0n) is 9.32. The summed E-state index contributed by atoms with van der Waals surface area (Å²) < 4.78 is 0. The van der Waals surface area contributed by atoms with Crippen LogP contribution in [-0.2, 0) is 0 Å². The van der Waals surface area contributed by atoms with Crippen LogP contribution in [0.1, 0.15) is 25.6 Å². The summed E-state index contributed by atoms with van der Waals surface area (Å²) in [6.07, 6.45) is 0. The van der Waals surface area contributed by atoms with E-state index in [1.54, 1.807) is 22.2 Å². The largest absolute Gasteiger partial charge is 0.272 e. The molecule has 0 aliphatic heterocycles. The van der Waals surface area contributed by atoms with Crippen LogP contribution in [0.5, 0.6) is 0 Å². The van der Waals surface area contributed by atoms with Crippen molar-refractivity contribution in [3.8, 4) is 0 Å². The Bertz CT molecular complexity index is 578. The third-order valence-electron chi connectivity index (χ3n) is 2.22. The average Bonchev–Trinajstić information content (AvgIpc) is 2.98. The van der Waals surface area contributed by atoms with Crippen molar-refractivity contribution in [2.75, 3.05) is 0 Å². The molecule has 0 fully saturated rings. The predicted molar refractivity (Wildman–Crippen MR) is 73.3 cm³/mol. The van der Waals surface area contributed by atoms with Gasteiger partial charge >= 0.3 is 0 Å². The van der Waals surface area contributed by atoms with Crippen molar-refractivity contribution in [3.63, 3.8) is 0 Å². The lowest BCUT2D eigenvalue weighted by Gasteiger charge is -2.05. The normalized spacial score (nSPS) is 10.1. The summed E-state index contributed by atoms with van der Waals surface area (Å²) in [4.78, 5) is 24.2. The third kappa shape index (κ3) is 2.72. The molecule has 0 spiro atoms. The van der Waals surface area contributed by atoms with Crippen molar-refractivity contribution in [1.29, 1.82) is 0 Å². The van der Waals surface area contributed by atoms with Gasteiger partial charge in [-0.25, -0.2) is 0 Å². The van der Waals surface area contributed by atoms with Gasteiger partial charge in [-0.1, -0.05) is 11.6 Å². The fourth-order valence-corrected chi connectivity index (χ4v) is 2.95. The van der Waals surface area contributed by atoms with Crippen molar-refractivity contribution in [3.05, 3.63) is 43.2 Å². The molecule has 0 atom stereocenters. The van der Waals surface area contributed by atoms with E-state index in [9.17, 15) is 9.59 Å². The lowest BCUT2D eigenvalue weighted by atomic mass is 10.3. The number of thiophene rings is 2. The Hall–Kier alpha value is -1.37. The van der Waals surface area contributed by atoms with E-state index in [4.69, 9.17) is 11.6 Å². The van der Waals surface area contributed by atoms with Crippen LogP contribution < -0.4 is 10.9 Å². The van der Waals surface area contributed by atoms with Crippen LogP contribution in [-0.4, -0.2) is 11.8 Å². The molecule has 18 heavy (non-hydrogen) atoms. The first-order valence-electron chi connectivity index (χ1n) is 4.96. The summed E-state index contributed by atoms with van der Waals surface area (Å²) >= 11 is 8.76. The van der Waals surface area contributed by atoms with Crippen molar-refractivity contribution in [2.24, 2.45) is 0 Å². The number of carbonyl (C=O) groups excluding carboxylic acids is 2. The number of nitrogens with one attached hydrogen (secondary N) is 2. The minimum Gasteiger partial charge on any atom is -0.267 e. The summed E-state index contributed by atoms with van der Waals surface area (Å²) in [5.41, 5.74) is 5.54. The highest BCUT2D eigenvalue weighted by Gasteiger charge is 2.15. The van der Waals surface area contributed by atoms with Gasteiger partial charge in [0, 0.05) is 15.6 Å². The summed E-state index contributed by atoms with van der Waals surface area (Å²) in [6, 6.07) is 1.67. The van der Waals surface area contributed by atoms with E-state index in [-0.39, 0.29) is 5.91 Å². The predicted octanol–water partition coefficient (Wildman–Crippen LogP) is 2.85. The van der Waals surface area contributed by atoms with Crippen molar-refractivity contribution >= 4 is 46.1 Å². The minimum absolute atomic E-state index is 0.354. The second-order valence-corrected chi connectivity index (χ2v) is 5.68. The SMILES string of the molecule is Cc1scc(C(=O)NNC(=O)c2ccsc2)c1Cl. The number of halogens is 1. The van der Waals surface area contributed by atoms with Crippen LogP contribution in [0.4, 0.5) is 0 Å². The van der Waals surface area contributed by atoms with Gasteiger partial charge in [0.05, 0.1) is 16.1 Å². The Morgan fingerprint density at radius 3 is 2.50 bits per heavy atom.